The summed E-state index contributed by atoms with van der Waals surface area (Å²) < 4.78 is 0. The van der Waals surface area contributed by atoms with Gasteiger partial charge in [0, 0.05) is 24.8 Å². The monoisotopic (exact) mass is 389 g/mol. The van der Waals surface area contributed by atoms with Crippen molar-refractivity contribution >= 4 is 24.0 Å². The topological polar surface area (TPSA) is 35.6 Å². The highest BCUT2D eigenvalue weighted by molar-refractivity contribution is 5.93. The van der Waals surface area contributed by atoms with Gasteiger partial charge in [0.2, 0.25) is 5.91 Å². The first-order valence-electron chi connectivity index (χ1n) is 10.6. The molecule has 3 atom stereocenters. The minimum atomic E-state index is -0.331. The van der Waals surface area contributed by atoms with Gasteiger partial charge < -0.3 is 10.2 Å². The molecule has 1 spiro atoms. The van der Waals surface area contributed by atoms with Crippen molar-refractivity contribution in [2.45, 2.75) is 62.9 Å². The predicted octanol–water partition coefficient (Wildman–Crippen LogP) is 3.81. The number of halogens is 1. The Morgan fingerprint density at radius 3 is 2.48 bits per heavy atom. The van der Waals surface area contributed by atoms with Crippen molar-refractivity contribution in [1.82, 2.24) is 10.2 Å². The Labute approximate surface area is 169 Å². The largest absolute Gasteiger partial charge is 0.339 e. The quantitative estimate of drug-likeness (QED) is 0.835. The molecule has 148 valence electrons. The fourth-order valence-corrected chi connectivity index (χ4v) is 6.41. The molecule has 2 aliphatic heterocycles. The number of benzene rings is 1. The number of nitrogens with zero attached hydrogens (tertiary/aromatic N) is 2. The predicted molar refractivity (Wildman–Crippen MR) is 111 cm³/mol. The van der Waals surface area contributed by atoms with E-state index in [0.717, 1.165) is 43.8 Å². The van der Waals surface area contributed by atoms with Gasteiger partial charge in [-0.15, -0.1) is 12.4 Å². The lowest BCUT2D eigenvalue weighted by Crippen LogP contribution is -2.58. The first kappa shape index (κ1) is 19.1. The van der Waals surface area contributed by atoms with E-state index < -0.39 is 0 Å². The molecule has 4 fully saturated rings. The number of hydrogen-bond donors (Lipinski definition) is 1. The molecule has 1 aromatic rings. The van der Waals surface area contributed by atoms with Gasteiger partial charge in [0.05, 0.1) is 6.67 Å². The van der Waals surface area contributed by atoms with Crippen molar-refractivity contribution in [3.63, 3.8) is 0 Å². The molecule has 27 heavy (non-hydrogen) atoms. The number of amides is 1. The van der Waals surface area contributed by atoms with E-state index in [-0.39, 0.29) is 23.9 Å². The third kappa shape index (κ3) is 3.15. The van der Waals surface area contributed by atoms with Crippen molar-refractivity contribution in [3.05, 3.63) is 30.3 Å². The van der Waals surface area contributed by atoms with Crippen LogP contribution in [0.4, 0.5) is 5.69 Å². The second-order valence-corrected chi connectivity index (χ2v) is 8.85. The molecule has 0 aromatic heterocycles. The molecule has 3 unspecified atom stereocenters. The number of para-hydroxylation sites is 1. The smallest absolute Gasteiger partial charge is 0.247 e. The van der Waals surface area contributed by atoms with Crippen LogP contribution in [0.5, 0.6) is 0 Å². The first-order chi connectivity index (χ1) is 12.8. The van der Waals surface area contributed by atoms with Gasteiger partial charge in [0.15, 0.2) is 0 Å². The van der Waals surface area contributed by atoms with E-state index in [1.165, 1.54) is 44.2 Å². The van der Waals surface area contributed by atoms with Gasteiger partial charge in [0.25, 0.3) is 0 Å². The maximum absolute atomic E-state index is 12.8. The van der Waals surface area contributed by atoms with Crippen LogP contribution in [-0.2, 0) is 4.79 Å². The Balaban J connectivity index is 0.00000180. The number of hydrogen-bond acceptors (Lipinski definition) is 3. The molecule has 2 aliphatic carbocycles. The Morgan fingerprint density at radius 2 is 1.70 bits per heavy atom. The van der Waals surface area contributed by atoms with Gasteiger partial charge in [-0.3, -0.25) is 9.69 Å². The SMILES string of the molecule is Cl.O=C1NCN(c2ccccc2)C12CCN(C1CCC3CCCCC31)CC2. The molecule has 0 bridgehead atoms. The number of rotatable bonds is 2. The van der Waals surface area contributed by atoms with E-state index in [1.807, 2.05) is 6.07 Å². The number of carbonyl (C=O) groups excluding carboxylic acids is 1. The summed E-state index contributed by atoms with van der Waals surface area (Å²) in [6.45, 7) is 2.80. The van der Waals surface area contributed by atoms with Crippen molar-refractivity contribution < 1.29 is 4.79 Å². The van der Waals surface area contributed by atoms with Crippen molar-refractivity contribution in [1.29, 1.82) is 0 Å². The van der Waals surface area contributed by atoms with Gasteiger partial charge in [0.1, 0.15) is 5.54 Å². The molecule has 2 saturated heterocycles. The molecule has 1 aromatic carbocycles. The molecule has 5 heteroatoms. The van der Waals surface area contributed by atoms with Crippen LogP contribution in [0.15, 0.2) is 30.3 Å². The summed E-state index contributed by atoms with van der Waals surface area (Å²) >= 11 is 0. The Hall–Kier alpha value is -1.26. The molecule has 0 radical (unpaired) electrons. The number of piperidine rings is 1. The van der Waals surface area contributed by atoms with E-state index in [1.54, 1.807) is 0 Å². The molecule has 1 amide bonds. The van der Waals surface area contributed by atoms with Gasteiger partial charge in [-0.2, -0.15) is 0 Å². The Morgan fingerprint density at radius 1 is 0.963 bits per heavy atom. The van der Waals surface area contributed by atoms with Crippen molar-refractivity contribution in [3.8, 4) is 0 Å². The number of anilines is 1. The van der Waals surface area contributed by atoms with Crippen LogP contribution in [0.25, 0.3) is 0 Å². The minimum absolute atomic E-state index is 0. The molecular formula is C22H32ClN3O. The van der Waals surface area contributed by atoms with Crippen molar-refractivity contribution in [2.24, 2.45) is 11.8 Å². The average Bonchev–Trinajstić information content (AvgIpc) is 3.26. The van der Waals surface area contributed by atoms with Crippen LogP contribution in [0.1, 0.15) is 51.4 Å². The highest BCUT2D eigenvalue weighted by Gasteiger charge is 2.52. The van der Waals surface area contributed by atoms with Crippen LogP contribution in [0.2, 0.25) is 0 Å². The molecular weight excluding hydrogens is 358 g/mol. The number of carbonyl (C=O) groups is 1. The normalized spacial score (nSPS) is 32.8. The Kier molecular flexibility index (Phi) is 5.39. The highest BCUT2D eigenvalue weighted by atomic mass is 35.5. The second kappa shape index (κ2) is 7.63. The third-order valence-electron chi connectivity index (χ3n) is 7.79. The summed E-state index contributed by atoms with van der Waals surface area (Å²) in [5.41, 5.74) is 0.843. The van der Waals surface area contributed by atoms with Gasteiger partial charge >= 0.3 is 0 Å². The summed E-state index contributed by atoms with van der Waals surface area (Å²) in [7, 11) is 0. The maximum Gasteiger partial charge on any atom is 0.247 e. The lowest BCUT2D eigenvalue weighted by molar-refractivity contribution is -0.125. The van der Waals surface area contributed by atoms with Crippen LogP contribution >= 0.6 is 12.4 Å². The van der Waals surface area contributed by atoms with Gasteiger partial charge in [-0.1, -0.05) is 37.5 Å². The molecule has 2 saturated carbocycles. The zero-order valence-electron chi connectivity index (χ0n) is 16.1. The van der Waals surface area contributed by atoms with Crippen molar-refractivity contribution in [2.75, 3.05) is 24.7 Å². The molecule has 4 nitrogen and oxygen atoms in total. The fraction of sp³-hybridized carbons (Fsp3) is 0.682. The second-order valence-electron chi connectivity index (χ2n) is 8.85. The minimum Gasteiger partial charge on any atom is -0.339 e. The number of likely N-dealkylation sites (tertiary alicyclic amines) is 1. The standard InChI is InChI=1S/C22H31N3O.ClH/c26-21-22(25(16-23-21)18-7-2-1-3-8-18)12-14-24(15-13-22)20-11-10-17-6-4-5-9-19(17)20;/h1-3,7-8,17,19-20H,4-6,9-16H2,(H,23,26);1H. The first-order valence-corrected chi connectivity index (χ1v) is 10.6. The van der Waals surface area contributed by atoms with Crippen LogP contribution < -0.4 is 10.2 Å². The lowest BCUT2D eigenvalue weighted by Gasteiger charge is -2.46. The molecule has 4 aliphatic rings. The average molecular weight is 390 g/mol. The lowest BCUT2D eigenvalue weighted by atomic mass is 9.79. The highest BCUT2D eigenvalue weighted by Crippen LogP contribution is 2.46. The van der Waals surface area contributed by atoms with E-state index in [9.17, 15) is 4.79 Å². The summed E-state index contributed by atoms with van der Waals surface area (Å²) in [5.74, 6) is 2.16. The van der Waals surface area contributed by atoms with Crippen LogP contribution in [-0.4, -0.2) is 42.1 Å². The zero-order valence-corrected chi connectivity index (χ0v) is 16.9. The number of nitrogens with one attached hydrogen (secondary N) is 1. The van der Waals surface area contributed by atoms with E-state index >= 15 is 0 Å². The molecule has 2 heterocycles. The maximum atomic E-state index is 12.8. The number of fused-ring (bicyclic) bond motifs is 1. The third-order valence-corrected chi connectivity index (χ3v) is 7.79. The summed E-state index contributed by atoms with van der Waals surface area (Å²) in [6.07, 6.45) is 10.5. The van der Waals surface area contributed by atoms with Gasteiger partial charge in [-0.05, 0) is 56.1 Å². The zero-order chi connectivity index (χ0) is 17.6. The van der Waals surface area contributed by atoms with E-state index in [4.69, 9.17) is 0 Å². The fourth-order valence-electron chi connectivity index (χ4n) is 6.41. The summed E-state index contributed by atoms with van der Waals surface area (Å²) in [6, 6.07) is 11.2. The van der Waals surface area contributed by atoms with Gasteiger partial charge in [-0.25, -0.2) is 0 Å². The molecule has 5 rings (SSSR count). The molecule has 1 N–H and O–H groups in total. The summed E-state index contributed by atoms with van der Waals surface area (Å²) in [5, 5.41) is 3.13. The van der Waals surface area contributed by atoms with Crippen LogP contribution in [0.3, 0.4) is 0 Å². The van der Waals surface area contributed by atoms with E-state index in [0.29, 0.717) is 6.67 Å². The van der Waals surface area contributed by atoms with Crippen LogP contribution in [0, 0.1) is 11.8 Å². The van der Waals surface area contributed by atoms with E-state index in [2.05, 4.69) is 39.4 Å². The Bertz CT molecular complexity index is 659. The summed E-state index contributed by atoms with van der Waals surface area (Å²) in [4.78, 5) is 17.9.